The molecule has 1 aliphatic rings. The molecular formula is C25H18F5N5O4. The van der Waals surface area contributed by atoms with E-state index in [9.17, 15) is 31.5 Å². The summed E-state index contributed by atoms with van der Waals surface area (Å²) in [6, 6.07) is 13.4. The number of fused-ring (bicyclic) bond motifs is 1. The van der Waals surface area contributed by atoms with Crippen molar-refractivity contribution in [3.63, 3.8) is 0 Å². The van der Waals surface area contributed by atoms with Crippen LogP contribution in [0.15, 0.2) is 67.3 Å². The third-order valence-corrected chi connectivity index (χ3v) is 5.98. The highest BCUT2D eigenvalue weighted by molar-refractivity contribution is 5.95. The van der Waals surface area contributed by atoms with Crippen molar-refractivity contribution in [2.75, 3.05) is 13.1 Å². The molecular weight excluding hydrogens is 529 g/mol. The second-order valence-corrected chi connectivity index (χ2v) is 8.63. The predicted molar refractivity (Wildman–Crippen MR) is 125 cm³/mol. The number of amides is 1. The first-order chi connectivity index (χ1) is 18.5. The third kappa shape index (κ3) is 5.49. The second-order valence-electron chi connectivity index (χ2n) is 8.63. The van der Waals surface area contributed by atoms with E-state index in [1.165, 1.54) is 41.6 Å². The van der Waals surface area contributed by atoms with Crippen LogP contribution in [-0.2, 0) is 4.79 Å². The number of pyridine rings is 1. The van der Waals surface area contributed by atoms with Crippen LogP contribution in [0.5, 0.6) is 11.6 Å². The summed E-state index contributed by atoms with van der Waals surface area (Å²) in [7, 11) is 0. The molecule has 0 N–H and O–H groups in total. The number of benzene rings is 2. The zero-order chi connectivity index (χ0) is 27.8. The van der Waals surface area contributed by atoms with Gasteiger partial charge < -0.3 is 14.4 Å². The van der Waals surface area contributed by atoms with Crippen LogP contribution in [0, 0.1) is 0 Å². The number of rotatable bonds is 5. The molecule has 1 atom stereocenters. The van der Waals surface area contributed by atoms with E-state index in [0.717, 1.165) is 11.0 Å². The zero-order valence-electron chi connectivity index (χ0n) is 19.8. The van der Waals surface area contributed by atoms with Gasteiger partial charge in [0.2, 0.25) is 0 Å². The minimum Gasteiger partial charge on any atom is -0.463 e. The van der Waals surface area contributed by atoms with Crippen molar-refractivity contribution in [2.24, 2.45) is 0 Å². The molecule has 2 aromatic heterocycles. The van der Waals surface area contributed by atoms with Crippen LogP contribution in [0.3, 0.4) is 0 Å². The van der Waals surface area contributed by atoms with E-state index < -0.39 is 54.7 Å². The lowest BCUT2D eigenvalue weighted by Crippen LogP contribution is -2.55. The lowest BCUT2D eigenvalue weighted by Gasteiger charge is -2.38. The number of halogens is 5. The quantitative estimate of drug-likeness (QED) is 0.273. The highest BCUT2D eigenvalue weighted by atomic mass is 19.4. The van der Waals surface area contributed by atoms with E-state index >= 15 is 0 Å². The monoisotopic (exact) mass is 547 g/mol. The van der Waals surface area contributed by atoms with E-state index in [1.807, 2.05) is 0 Å². The number of aromatic nitrogens is 4. The molecule has 0 bridgehead atoms. The topological polar surface area (TPSA) is 99.4 Å². The Kier molecular flexibility index (Phi) is 6.62. The number of likely N-dealkylation sites (tertiary alicyclic amines) is 1. The molecule has 202 valence electrons. The van der Waals surface area contributed by atoms with Crippen molar-refractivity contribution in [3.05, 3.63) is 72.8 Å². The van der Waals surface area contributed by atoms with E-state index in [-0.39, 0.29) is 23.0 Å². The Hall–Kier alpha value is -4.62. The number of nitrogens with zero attached hydrogens (tertiary/aromatic N) is 5. The number of esters is 1. The molecule has 4 aromatic rings. The largest absolute Gasteiger partial charge is 0.491 e. The Bertz CT molecular complexity index is 1530. The summed E-state index contributed by atoms with van der Waals surface area (Å²) in [4.78, 5) is 33.7. The van der Waals surface area contributed by atoms with Crippen molar-refractivity contribution in [1.82, 2.24) is 24.6 Å². The predicted octanol–water partition coefficient (Wildman–Crippen LogP) is 4.21. The number of para-hydroxylation sites is 1. The Morgan fingerprint density at radius 1 is 1.05 bits per heavy atom. The fourth-order valence-corrected chi connectivity index (χ4v) is 4.01. The molecule has 1 saturated heterocycles. The number of carbonyl (C=O) groups is 2. The van der Waals surface area contributed by atoms with E-state index in [2.05, 4.69) is 19.8 Å². The van der Waals surface area contributed by atoms with Crippen LogP contribution in [0.1, 0.15) is 16.8 Å². The first-order valence-corrected chi connectivity index (χ1v) is 11.5. The summed E-state index contributed by atoms with van der Waals surface area (Å²) in [5.74, 6) is -8.13. The van der Waals surface area contributed by atoms with Gasteiger partial charge in [-0.3, -0.25) is 4.79 Å². The second kappa shape index (κ2) is 9.93. The molecule has 2 aromatic carbocycles. The molecule has 0 saturated carbocycles. The minimum atomic E-state index is -5.35. The van der Waals surface area contributed by atoms with Gasteiger partial charge in [0, 0.05) is 23.9 Å². The molecule has 39 heavy (non-hydrogen) atoms. The highest BCUT2D eigenvalue weighted by Crippen LogP contribution is 2.37. The van der Waals surface area contributed by atoms with Gasteiger partial charge in [0.15, 0.2) is 11.9 Å². The lowest BCUT2D eigenvalue weighted by atomic mass is 10.0. The Balaban J connectivity index is 1.42. The van der Waals surface area contributed by atoms with Crippen LogP contribution in [0.4, 0.5) is 22.0 Å². The molecule has 1 unspecified atom stereocenters. The molecule has 1 amide bonds. The number of carbonyl (C=O) groups excluding carboxylic acids is 2. The molecule has 3 heterocycles. The van der Waals surface area contributed by atoms with Gasteiger partial charge in [-0.05, 0) is 30.3 Å². The van der Waals surface area contributed by atoms with Crippen molar-refractivity contribution in [3.8, 4) is 17.3 Å². The summed E-state index contributed by atoms with van der Waals surface area (Å²) in [5, 5.41) is 4.28. The normalized spacial score (nSPS) is 17.2. The summed E-state index contributed by atoms with van der Waals surface area (Å²) in [5.41, 5.74) is 0.914. The first kappa shape index (κ1) is 26.0. The smallest absolute Gasteiger partial charge is 0.463 e. The van der Waals surface area contributed by atoms with Gasteiger partial charge in [0.1, 0.15) is 12.7 Å². The standard InChI is InChI=1S/C25H18F5N5O4/c26-24(27)8-9-34(22(36)16-5-3-6-17(10-16)35-14-31-13-32-35)12-20(24)39-21-19(38-23(37)25(28,29)30)11-15-4-1-2-7-18(15)33-21/h1-7,10-11,13-14,20H,8-9,12H2. The molecule has 0 spiro atoms. The summed E-state index contributed by atoms with van der Waals surface area (Å²) >= 11 is 0. The van der Waals surface area contributed by atoms with Crippen LogP contribution >= 0.6 is 0 Å². The Morgan fingerprint density at radius 2 is 1.85 bits per heavy atom. The summed E-state index contributed by atoms with van der Waals surface area (Å²) in [6.45, 7) is -0.916. The fraction of sp³-hybridized carbons (Fsp3) is 0.240. The molecule has 14 heteroatoms. The average molecular weight is 547 g/mol. The van der Waals surface area contributed by atoms with Gasteiger partial charge in [0.05, 0.1) is 17.7 Å². The van der Waals surface area contributed by atoms with Crippen molar-refractivity contribution in [1.29, 1.82) is 0 Å². The number of hydrogen-bond acceptors (Lipinski definition) is 7. The maximum atomic E-state index is 14.9. The number of ether oxygens (including phenoxy) is 2. The highest BCUT2D eigenvalue weighted by Gasteiger charge is 2.48. The summed E-state index contributed by atoms with van der Waals surface area (Å²) in [6.07, 6.45) is -5.39. The van der Waals surface area contributed by atoms with Gasteiger partial charge in [-0.25, -0.2) is 28.2 Å². The van der Waals surface area contributed by atoms with Gasteiger partial charge >= 0.3 is 12.1 Å². The van der Waals surface area contributed by atoms with E-state index in [4.69, 9.17) is 4.74 Å². The molecule has 1 fully saturated rings. The van der Waals surface area contributed by atoms with Crippen LogP contribution in [0.25, 0.3) is 16.6 Å². The average Bonchev–Trinajstić information content (AvgIpc) is 3.44. The SMILES string of the molecule is O=C(c1cccc(-n2cncn2)c1)N1CCC(F)(F)C(Oc2nc3ccccc3cc2OC(=O)C(F)(F)F)C1. The Morgan fingerprint density at radius 3 is 2.59 bits per heavy atom. The Labute approximate surface area is 216 Å². The number of alkyl halides is 5. The third-order valence-electron chi connectivity index (χ3n) is 5.98. The van der Waals surface area contributed by atoms with Crippen LogP contribution in [0.2, 0.25) is 0 Å². The van der Waals surface area contributed by atoms with Crippen molar-refractivity contribution in [2.45, 2.75) is 24.6 Å². The maximum absolute atomic E-state index is 14.9. The van der Waals surface area contributed by atoms with Gasteiger partial charge in [-0.1, -0.05) is 24.3 Å². The zero-order valence-corrected chi connectivity index (χ0v) is 19.8. The van der Waals surface area contributed by atoms with E-state index in [0.29, 0.717) is 5.69 Å². The fourth-order valence-electron chi connectivity index (χ4n) is 4.01. The molecule has 0 radical (unpaired) electrons. The molecule has 1 aliphatic heterocycles. The van der Waals surface area contributed by atoms with Gasteiger partial charge in [-0.2, -0.15) is 18.3 Å². The van der Waals surface area contributed by atoms with Crippen LogP contribution in [-0.4, -0.2) is 67.8 Å². The number of hydrogen-bond donors (Lipinski definition) is 0. The molecule has 0 aliphatic carbocycles. The van der Waals surface area contributed by atoms with Gasteiger partial charge in [-0.15, -0.1) is 0 Å². The van der Waals surface area contributed by atoms with Crippen molar-refractivity contribution < 1.29 is 41.0 Å². The van der Waals surface area contributed by atoms with E-state index in [1.54, 1.807) is 24.3 Å². The van der Waals surface area contributed by atoms with Crippen molar-refractivity contribution >= 4 is 22.8 Å². The molecule has 9 nitrogen and oxygen atoms in total. The minimum absolute atomic E-state index is 0.190. The molecule has 5 rings (SSSR count). The summed E-state index contributed by atoms with van der Waals surface area (Å²) < 4.78 is 79.8. The maximum Gasteiger partial charge on any atom is 0.491 e. The first-order valence-electron chi connectivity index (χ1n) is 11.5. The van der Waals surface area contributed by atoms with Gasteiger partial charge in [0.25, 0.3) is 17.7 Å². The lowest BCUT2D eigenvalue weighted by molar-refractivity contribution is -0.190. The van der Waals surface area contributed by atoms with Crippen LogP contribution < -0.4 is 9.47 Å². The number of piperidine rings is 1.